The topological polar surface area (TPSA) is 98.5 Å². The van der Waals surface area contributed by atoms with Crippen LogP contribution in [-0.4, -0.2) is 36.9 Å². The monoisotopic (exact) mass is 308 g/mol. The summed E-state index contributed by atoms with van der Waals surface area (Å²) in [6, 6.07) is 6.33. The van der Waals surface area contributed by atoms with Crippen molar-refractivity contribution in [2.75, 3.05) is 13.1 Å². The van der Waals surface area contributed by atoms with Gasteiger partial charge in [-0.05, 0) is 36.6 Å². The predicted octanol–water partition coefficient (Wildman–Crippen LogP) is 1.21. The van der Waals surface area contributed by atoms with E-state index in [-0.39, 0.29) is 23.9 Å². The molecule has 0 unspecified atom stereocenters. The third-order valence-corrected chi connectivity index (χ3v) is 5.81. The van der Waals surface area contributed by atoms with E-state index in [1.807, 2.05) is 6.07 Å². The Hall–Kier alpha value is -1.91. The van der Waals surface area contributed by atoms with Gasteiger partial charge in [0.2, 0.25) is 10.0 Å². The number of hydrogen-bond acceptors (Lipinski definition) is 4. The predicted molar refractivity (Wildman–Crippen MR) is 74.9 cm³/mol. The third-order valence-electron chi connectivity index (χ3n) is 3.82. The number of benzene rings is 1. The molecular weight excluding hydrogens is 292 g/mol. The molecular formula is C14H16N2O4S. The van der Waals surface area contributed by atoms with E-state index in [9.17, 15) is 13.2 Å². The van der Waals surface area contributed by atoms with Crippen molar-refractivity contribution in [1.29, 1.82) is 5.26 Å². The van der Waals surface area contributed by atoms with Gasteiger partial charge in [-0.2, -0.15) is 9.57 Å². The van der Waals surface area contributed by atoms with E-state index < -0.39 is 21.9 Å². The van der Waals surface area contributed by atoms with Crippen molar-refractivity contribution in [3.63, 3.8) is 0 Å². The van der Waals surface area contributed by atoms with E-state index >= 15 is 0 Å². The van der Waals surface area contributed by atoms with E-state index in [0.29, 0.717) is 11.1 Å². The number of aliphatic carboxylic acids is 1. The number of aryl methyl sites for hydroxylation is 1. The van der Waals surface area contributed by atoms with E-state index in [0.717, 1.165) is 0 Å². The highest BCUT2D eigenvalue weighted by atomic mass is 32.2. The molecule has 1 heterocycles. The van der Waals surface area contributed by atoms with Gasteiger partial charge in [-0.3, -0.25) is 4.79 Å². The summed E-state index contributed by atoms with van der Waals surface area (Å²) in [5, 5.41) is 17.9. The minimum absolute atomic E-state index is 0.0156. The van der Waals surface area contributed by atoms with Crippen molar-refractivity contribution >= 4 is 16.0 Å². The fourth-order valence-electron chi connectivity index (χ4n) is 2.59. The van der Waals surface area contributed by atoms with Gasteiger partial charge in [0.05, 0.1) is 22.4 Å². The molecule has 112 valence electrons. The maximum atomic E-state index is 12.6. The summed E-state index contributed by atoms with van der Waals surface area (Å²) in [5.74, 6) is -1.88. The van der Waals surface area contributed by atoms with Crippen LogP contribution < -0.4 is 0 Å². The fourth-order valence-corrected chi connectivity index (χ4v) is 4.36. The Bertz CT molecular complexity index is 721. The van der Waals surface area contributed by atoms with E-state index in [2.05, 4.69) is 0 Å². The summed E-state index contributed by atoms with van der Waals surface area (Å²) in [6.07, 6.45) is 0. The number of nitriles is 1. The molecule has 1 fully saturated rings. The van der Waals surface area contributed by atoms with E-state index in [4.69, 9.17) is 10.4 Å². The second-order valence-corrected chi connectivity index (χ2v) is 7.24. The molecule has 0 radical (unpaired) electrons. The maximum Gasteiger partial charge on any atom is 0.308 e. The summed E-state index contributed by atoms with van der Waals surface area (Å²) in [5.41, 5.74) is 0.880. The SMILES string of the molecule is Cc1cc(C#N)ccc1S(=O)(=O)N1C[C@@H](C)[C@H](C(=O)O)C1. The molecule has 1 N–H and O–H groups in total. The molecule has 1 aromatic carbocycles. The molecule has 0 spiro atoms. The normalized spacial score (nSPS) is 22.9. The molecule has 0 aliphatic carbocycles. The van der Waals surface area contributed by atoms with Crippen molar-refractivity contribution in [3.8, 4) is 6.07 Å². The van der Waals surface area contributed by atoms with Crippen LogP contribution in [0.5, 0.6) is 0 Å². The molecule has 7 heteroatoms. The summed E-state index contributed by atoms with van der Waals surface area (Å²) in [4.78, 5) is 11.2. The van der Waals surface area contributed by atoms with Crippen molar-refractivity contribution in [2.45, 2.75) is 18.7 Å². The van der Waals surface area contributed by atoms with Gasteiger partial charge in [0, 0.05) is 13.1 Å². The van der Waals surface area contributed by atoms with Gasteiger partial charge in [0.1, 0.15) is 0 Å². The van der Waals surface area contributed by atoms with Gasteiger partial charge < -0.3 is 5.11 Å². The molecule has 6 nitrogen and oxygen atoms in total. The van der Waals surface area contributed by atoms with Crippen molar-refractivity contribution in [1.82, 2.24) is 4.31 Å². The average molecular weight is 308 g/mol. The summed E-state index contributed by atoms with van der Waals surface area (Å²) >= 11 is 0. The molecule has 0 saturated carbocycles. The first-order chi connectivity index (χ1) is 9.77. The number of hydrogen-bond donors (Lipinski definition) is 1. The molecule has 1 saturated heterocycles. The number of carboxylic acid groups (broad SMARTS) is 1. The number of nitrogens with zero attached hydrogens (tertiary/aromatic N) is 2. The summed E-state index contributed by atoms with van der Waals surface area (Å²) in [7, 11) is -3.73. The molecule has 2 rings (SSSR count). The molecule has 0 aromatic heterocycles. The Morgan fingerprint density at radius 3 is 2.57 bits per heavy atom. The molecule has 2 atom stereocenters. The molecule has 1 aliphatic heterocycles. The van der Waals surface area contributed by atoms with Crippen molar-refractivity contribution in [2.24, 2.45) is 11.8 Å². The lowest BCUT2D eigenvalue weighted by molar-refractivity contribution is -0.142. The van der Waals surface area contributed by atoms with Crippen LogP contribution in [0.2, 0.25) is 0 Å². The van der Waals surface area contributed by atoms with Gasteiger partial charge >= 0.3 is 5.97 Å². The number of carboxylic acids is 1. The lowest BCUT2D eigenvalue weighted by Crippen LogP contribution is -2.30. The van der Waals surface area contributed by atoms with Crippen LogP contribution in [0.3, 0.4) is 0 Å². The second kappa shape index (κ2) is 5.47. The van der Waals surface area contributed by atoms with Crippen LogP contribution in [0.1, 0.15) is 18.1 Å². The highest BCUT2D eigenvalue weighted by molar-refractivity contribution is 7.89. The zero-order valence-electron chi connectivity index (χ0n) is 11.8. The first-order valence-corrected chi connectivity index (χ1v) is 7.95. The number of carbonyl (C=O) groups is 1. The first kappa shape index (κ1) is 15.5. The third kappa shape index (κ3) is 2.77. The largest absolute Gasteiger partial charge is 0.481 e. The Morgan fingerprint density at radius 1 is 1.43 bits per heavy atom. The van der Waals surface area contributed by atoms with Gasteiger partial charge in [0.25, 0.3) is 0 Å². The van der Waals surface area contributed by atoms with Crippen molar-refractivity contribution < 1.29 is 18.3 Å². The average Bonchev–Trinajstić information content (AvgIpc) is 2.81. The molecule has 21 heavy (non-hydrogen) atoms. The lowest BCUT2D eigenvalue weighted by Gasteiger charge is -2.17. The maximum absolute atomic E-state index is 12.6. The Kier molecular flexibility index (Phi) is 4.03. The summed E-state index contributed by atoms with van der Waals surface area (Å²) in [6.45, 7) is 3.54. The molecule has 0 amide bonds. The van der Waals surface area contributed by atoms with E-state index in [1.54, 1.807) is 13.8 Å². The Labute approximate surface area is 123 Å². The highest BCUT2D eigenvalue weighted by Gasteiger charge is 2.41. The van der Waals surface area contributed by atoms with Gasteiger partial charge in [-0.25, -0.2) is 8.42 Å². The minimum Gasteiger partial charge on any atom is -0.481 e. The smallest absolute Gasteiger partial charge is 0.308 e. The highest BCUT2D eigenvalue weighted by Crippen LogP contribution is 2.30. The zero-order chi connectivity index (χ0) is 15.8. The van der Waals surface area contributed by atoms with Crippen LogP contribution >= 0.6 is 0 Å². The second-order valence-electron chi connectivity index (χ2n) is 5.34. The summed E-state index contributed by atoms with van der Waals surface area (Å²) < 4.78 is 26.5. The Balaban J connectivity index is 2.36. The number of rotatable bonds is 3. The Morgan fingerprint density at radius 2 is 2.10 bits per heavy atom. The molecule has 1 aromatic rings. The van der Waals surface area contributed by atoms with Crippen LogP contribution in [0.15, 0.2) is 23.1 Å². The quantitative estimate of drug-likeness (QED) is 0.905. The van der Waals surface area contributed by atoms with Crippen LogP contribution in [0.25, 0.3) is 0 Å². The van der Waals surface area contributed by atoms with Gasteiger partial charge in [0.15, 0.2) is 0 Å². The van der Waals surface area contributed by atoms with Crippen LogP contribution in [-0.2, 0) is 14.8 Å². The van der Waals surface area contributed by atoms with Gasteiger partial charge in [-0.15, -0.1) is 0 Å². The lowest BCUT2D eigenvalue weighted by atomic mass is 9.99. The van der Waals surface area contributed by atoms with Crippen molar-refractivity contribution in [3.05, 3.63) is 29.3 Å². The van der Waals surface area contributed by atoms with Crippen LogP contribution in [0.4, 0.5) is 0 Å². The van der Waals surface area contributed by atoms with Crippen LogP contribution in [0, 0.1) is 30.1 Å². The standard InChI is InChI=1S/C14H16N2O4S/c1-9-5-11(6-15)3-4-13(9)21(19,20)16-7-10(2)12(8-16)14(17)18/h3-5,10,12H,7-8H2,1-2H3,(H,17,18)/t10-,12-/m1/s1. The molecule has 1 aliphatic rings. The zero-order valence-corrected chi connectivity index (χ0v) is 12.6. The first-order valence-electron chi connectivity index (χ1n) is 6.51. The van der Waals surface area contributed by atoms with Gasteiger partial charge in [-0.1, -0.05) is 6.92 Å². The van der Waals surface area contributed by atoms with E-state index in [1.165, 1.54) is 22.5 Å². The minimum atomic E-state index is -3.73. The fraction of sp³-hybridized carbons (Fsp3) is 0.429. The number of sulfonamides is 1. The molecule has 0 bridgehead atoms.